The minimum atomic E-state index is -0.0594. The van der Waals surface area contributed by atoms with Crippen molar-refractivity contribution >= 4 is 6.08 Å². The second-order valence-electron chi connectivity index (χ2n) is 10.7. The molecule has 1 aromatic heterocycles. The van der Waals surface area contributed by atoms with Crippen LogP contribution in [0.1, 0.15) is 34.1 Å². The average Bonchev–Trinajstić information content (AvgIpc) is 3.48. The molecular weight excluding hydrogens is 504 g/mol. The molecule has 5 aromatic rings. The largest absolute Gasteiger partial charge is 0.297 e. The van der Waals surface area contributed by atoms with E-state index in [2.05, 4.69) is 154 Å². The van der Waals surface area contributed by atoms with E-state index < -0.39 is 0 Å². The Hall–Kier alpha value is -4.39. The van der Waals surface area contributed by atoms with Gasteiger partial charge in [0.15, 0.2) is 5.82 Å². The first-order chi connectivity index (χ1) is 20.2. The Morgan fingerprint density at radius 3 is 2.02 bits per heavy atom. The molecule has 1 atom stereocenters. The van der Waals surface area contributed by atoms with E-state index in [1.54, 1.807) is 0 Å². The number of hydrogen-bond donors (Lipinski definition) is 0. The minimum Gasteiger partial charge on any atom is -0.297 e. The monoisotopic (exact) mass is 540 g/mol. The number of rotatable bonds is 8. The number of aromatic nitrogens is 4. The van der Waals surface area contributed by atoms with Crippen molar-refractivity contribution < 1.29 is 0 Å². The third kappa shape index (κ3) is 6.04. The van der Waals surface area contributed by atoms with Crippen LogP contribution in [0.25, 0.3) is 22.9 Å². The summed E-state index contributed by atoms with van der Waals surface area (Å²) >= 11 is 0. The molecule has 0 saturated carbocycles. The van der Waals surface area contributed by atoms with Gasteiger partial charge >= 0.3 is 0 Å². The first-order valence-corrected chi connectivity index (χ1v) is 14.4. The third-order valence-corrected chi connectivity index (χ3v) is 7.97. The van der Waals surface area contributed by atoms with Crippen LogP contribution < -0.4 is 0 Å². The highest BCUT2D eigenvalue weighted by Gasteiger charge is 2.31. The number of aryl methyl sites for hydroxylation is 2. The van der Waals surface area contributed by atoms with Gasteiger partial charge in [-0.2, -0.15) is 4.68 Å². The molecule has 41 heavy (non-hydrogen) atoms. The standard InChI is InChI=1S/C35H36N6/c1-27-11-9-12-28(2)33(27)41-35(36-37-38-41)34(32-20-18-31(19-21-32)30-16-7-4-8-17-30)40-25-23-39(24-26-40)22-10-15-29-13-5-3-6-14-29/h3-21,34H,22-26H2,1-2H3/b15-10+/t34-/m0/s1. The molecule has 1 fully saturated rings. The Labute approximate surface area is 242 Å². The third-order valence-electron chi connectivity index (χ3n) is 7.97. The summed E-state index contributed by atoms with van der Waals surface area (Å²) in [5.41, 5.74) is 8.24. The Kier molecular flexibility index (Phi) is 8.12. The van der Waals surface area contributed by atoms with Gasteiger partial charge < -0.3 is 0 Å². The summed E-state index contributed by atoms with van der Waals surface area (Å²) in [5.74, 6) is 0.854. The molecule has 0 unspecified atom stereocenters. The topological polar surface area (TPSA) is 50.1 Å². The van der Waals surface area contributed by atoms with E-state index in [0.717, 1.165) is 55.4 Å². The van der Waals surface area contributed by atoms with E-state index in [0.29, 0.717) is 0 Å². The van der Waals surface area contributed by atoms with Crippen molar-refractivity contribution in [2.24, 2.45) is 0 Å². The highest BCUT2D eigenvalue weighted by atomic mass is 15.6. The maximum absolute atomic E-state index is 4.64. The second kappa shape index (κ2) is 12.4. The predicted molar refractivity (Wildman–Crippen MR) is 166 cm³/mol. The fraction of sp³-hybridized carbons (Fsp3) is 0.229. The maximum Gasteiger partial charge on any atom is 0.178 e. The van der Waals surface area contributed by atoms with Gasteiger partial charge in [-0.05, 0) is 57.7 Å². The number of piperazine rings is 1. The zero-order valence-electron chi connectivity index (χ0n) is 23.8. The summed E-state index contributed by atoms with van der Waals surface area (Å²) in [5, 5.41) is 13.3. The summed E-state index contributed by atoms with van der Waals surface area (Å²) < 4.78 is 1.95. The fourth-order valence-corrected chi connectivity index (χ4v) is 5.78. The lowest BCUT2D eigenvalue weighted by atomic mass is 9.98. The van der Waals surface area contributed by atoms with Crippen LogP contribution in [0.5, 0.6) is 0 Å². The van der Waals surface area contributed by atoms with Gasteiger partial charge in [-0.1, -0.05) is 115 Å². The normalized spacial score (nSPS) is 15.4. The molecule has 0 spiro atoms. The Balaban J connectivity index is 1.28. The summed E-state index contributed by atoms with van der Waals surface area (Å²) in [6, 6.07) is 36.2. The Morgan fingerprint density at radius 1 is 0.707 bits per heavy atom. The lowest BCUT2D eigenvalue weighted by Gasteiger charge is -2.38. The number of benzene rings is 4. The van der Waals surface area contributed by atoms with Gasteiger partial charge in [0, 0.05) is 32.7 Å². The molecule has 6 heteroatoms. The van der Waals surface area contributed by atoms with Gasteiger partial charge in [-0.15, -0.1) is 5.10 Å². The van der Waals surface area contributed by atoms with E-state index in [9.17, 15) is 0 Å². The first-order valence-electron chi connectivity index (χ1n) is 14.4. The molecule has 4 aromatic carbocycles. The maximum atomic E-state index is 4.64. The van der Waals surface area contributed by atoms with Crippen molar-refractivity contribution in [3.8, 4) is 16.8 Å². The quantitative estimate of drug-likeness (QED) is 0.229. The van der Waals surface area contributed by atoms with Crippen LogP contribution in [0.3, 0.4) is 0 Å². The molecule has 0 aliphatic carbocycles. The second-order valence-corrected chi connectivity index (χ2v) is 10.7. The highest BCUT2D eigenvalue weighted by Crippen LogP contribution is 2.32. The van der Waals surface area contributed by atoms with Crippen LogP contribution in [0.4, 0.5) is 0 Å². The number of hydrogen-bond acceptors (Lipinski definition) is 5. The van der Waals surface area contributed by atoms with E-state index in [-0.39, 0.29) is 6.04 Å². The molecule has 0 N–H and O–H groups in total. The predicted octanol–water partition coefficient (Wildman–Crippen LogP) is 6.37. The van der Waals surface area contributed by atoms with Crippen molar-refractivity contribution in [3.63, 3.8) is 0 Å². The molecule has 1 aliphatic rings. The molecule has 0 amide bonds. The molecule has 1 aliphatic heterocycles. The zero-order valence-corrected chi connectivity index (χ0v) is 23.8. The molecule has 0 bridgehead atoms. The minimum absolute atomic E-state index is 0.0594. The van der Waals surface area contributed by atoms with Crippen LogP contribution in [0.2, 0.25) is 0 Å². The van der Waals surface area contributed by atoms with Crippen LogP contribution in [0, 0.1) is 13.8 Å². The SMILES string of the molecule is Cc1cccc(C)c1-n1nnnc1[C@H](c1ccc(-c2ccccc2)cc1)N1CCN(C/C=C/c2ccccc2)CC1. The van der Waals surface area contributed by atoms with Crippen molar-refractivity contribution in [3.05, 3.63) is 137 Å². The van der Waals surface area contributed by atoms with Gasteiger partial charge in [0.05, 0.1) is 11.7 Å². The zero-order chi connectivity index (χ0) is 28.0. The molecule has 0 radical (unpaired) electrons. The van der Waals surface area contributed by atoms with E-state index in [4.69, 9.17) is 0 Å². The van der Waals surface area contributed by atoms with Crippen molar-refractivity contribution in [1.82, 2.24) is 30.0 Å². The van der Waals surface area contributed by atoms with Gasteiger partial charge in [-0.25, -0.2) is 0 Å². The molecule has 6 nitrogen and oxygen atoms in total. The Morgan fingerprint density at radius 2 is 1.34 bits per heavy atom. The number of tetrazole rings is 1. The van der Waals surface area contributed by atoms with Crippen molar-refractivity contribution in [1.29, 1.82) is 0 Å². The van der Waals surface area contributed by atoms with E-state index in [1.165, 1.54) is 22.3 Å². The van der Waals surface area contributed by atoms with Gasteiger partial charge in [0.25, 0.3) is 0 Å². The van der Waals surface area contributed by atoms with Gasteiger partial charge in [-0.3, -0.25) is 9.80 Å². The lowest BCUT2D eigenvalue weighted by molar-refractivity contribution is 0.113. The van der Waals surface area contributed by atoms with E-state index >= 15 is 0 Å². The van der Waals surface area contributed by atoms with Crippen LogP contribution >= 0.6 is 0 Å². The Bertz CT molecular complexity index is 1560. The first kappa shape index (κ1) is 26.8. The summed E-state index contributed by atoms with van der Waals surface area (Å²) in [7, 11) is 0. The summed E-state index contributed by atoms with van der Waals surface area (Å²) in [6.45, 7) is 9.04. The molecular formula is C35H36N6. The fourth-order valence-electron chi connectivity index (χ4n) is 5.78. The molecule has 2 heterocycles. The lowest BCUT2D eigenvalue weighted by Crippen LogP contribution is -2.48. The van der Waals surface area contributed by atoms with Crippen LogP contribution in [0.15, 0.2) is 109 Å². The average molecular weight is 541 g/mol. The molecule has 1 saturated heterocycles. The smallest absolute Gasteiger partial charge is 0.178 e. The number of nitrogens with zero attached hydrogens (tertiary/aromatic N) is 6. The van der Waals surface area contributed by atoms with Gasteiger partial charge in [0.1, 0.15) is 0 Å². The van der Waals surface area contributed by atoms with Crippen molar-refractivity contribution in [2.45, 2.75) is 19.9 Å². The summed E-state index contributed by atoms with van der Waals surface area (Å²) in [6.07, 6.45) is 4.48. The number of para-hydroxylation sites is 1. The van der Waals surface area contributed by atoms with Gasteiger partial charge in [0.2, 0.25) is 0 Å². The molecule has 6 rings (SSSR count). The highest BCUT2D eigenvalue weighted by molar-refractivity contribution is 5.63. The van der Waals surface area contributed by atoms with E-state index in [1.807, 2.05) is 4.68 Å². The van der Waals surface area contributed by atoms with Crippen LogP contribution in [-0.2, 0) is 0 Å². The van der Waals surface area contributed by atoms with Crippen LogP contribution in [-0.4, -0.2) is 62.7 Å². The van der Waals surface area contributed by atoms with Crippen molar-refractivity contribution in [2.75, 3.05) is 32.7 Å². The summed E-state index contributed by atoms with van der Waals surface area (Å²) in [4.78, 5) is 5.05. The molecule has 206 valence electrons.